The monoisotopic (exact) mass is 229 g/mol. The zero-order valence-corrected chi connectivity index (χ0v) is 10.4. The molecule has 1 aromatic heterocycles. The van der Waals surface area contributed by atoms with E-state index in [0.29, 0.717) is 13.2 Å². The molecule has 0 saturated carbocycles. The number of nitrogens with two attached hydrogens (primary N) is 1. The fourth-order valence-corrected chi connectivity index (χ4v) is 2.20. The third-order valence-corrected chi connectivity index (χ3v) is 3.24. The number of methoxy groups -OCH3 is 1. The van der Waals surface area contributed by atoms with E-state index in [1.807, 2.05) is 6.92 Å². The highest BCUT2D eigenvalue weighted by atomic mass is 32.1. The average molecular weight is 229 g/mol. The third-order valence-electron chi connectivity index (χ3n) is 2.24. The molecule has 0 saturated heterocycles. The summed E-state index contributed by atoms with van der Waals surface area (Å²) in [6.45, 7) is 5.41. The van der Waals surface area contributed by atoms with Crippen LogP contribution in [-0.4, -0.2) is 31.3 Å². The highest BCUT2D eigenvalue weighted by Gasteiger charge is 2.10. The number of nitrogens with zero attached hydrogens (tertiary/aromatic N) is 1. The molecule has 0 aliphatic heterocycles. The number of aromatic nitrogens is 1. The molecule has 5 heteroatoms. The zero-order valence-electron chi connectivity index (χ0n) is 9.54. The van der Waals surface area contributed by atoms with Crippen LogP contribution in [0.1, 0.15) is 17.0 Å². The van der Waals surface area contributed by atoms with Gasteiger partial charge in [0.1, 0.15) is 0 Å². The number of rotatable bonds is 6. The van der Waals surface area contributed by atoms with Crippen molar-refractivity contribution in [1.29, 1.82) is 0 Å². The van der Waals surface area contributed by atoms with Crippen molar-refractivity contribution >= 4 is 16.5 Å². The van der Waals surface area contributed by atoms with Crippen LogP contribution in [0.4, 0.5) is 5.13 Å². The normalized spacial score (nSPS) is 12.8. The van der Waals surface area contributed by atoms with Crippen molar-refractivity contribution in [2.24, 2.45) is 5.73 Å². The van der Waals surface area contributed by atoms with Crippen molar-refractivity contribution < 1.29 is 4.74 Å². The van der Waals surface area contributed by atoms with E-state index in [9.17, 15) is 0 Å². The molecule has 0 aliphatic carbocycles. The van der Waals surface area contributed by atoms with Gasteiger partial charge in [0.2, 0.25) is 0 Å². The first kappa shape index (κ1) is 12.4. The lowest BCUT2D eigenvalue weighted by Crippen LogP contribution is -2.27. The van der Waals surface area contributed by atoms with Crippen LogP contribution in [0.5, 0.6) is 0 Å². The smallest absolute Gasteiger partial charge is 0.183 e. The molecular weight excluding hydrogens is 210 g/mol. The topological polar surface area (TPSA) is 60.2 Å². The van der Waals surface area contributed by atoms with E-state index in [0.717, 1.165) is 17.2 Å². The number of ether oxygens (including phenoxy) is 1. The van der Waals surface area contributed by atoms with Crippen LogP contribution < -0.4 is 11.1 Å². The third kappa shape index (κ3) is 3.77. The predicted molar refractivity (Wildman–Crippen MR) is 64.5 cm³/mol. The summed E-state index contributed by atoms with van der Waals surface area (Å²) in [7, 11) is 1.70. The molecule has 0 spiro atoms. The molecule has 3 N–H and O–H groups in total. The fourth-order valence-electron chi connectivity index (χ4n) is 1.31. The highest BCUT2D eigenvalue weighted by molar-refractivity contribution is 7.15. The van der Waals surface area contributed by atoms with Gasteiger partial charge in [-0.3, -0.25) is 0 Å². The Balaban J connectivity index is 2.56. The SMILES string of the molecule is COCC(CCN)Nc1nc(C)c(C)s1. The van der Waals surface area contributed by atoms with Gasteiger partial charge in [0.05, 0.1) is 18.3 Å². The quantitative estimate of drug-likeness (QED) is 0.776. The van der Waals surface area contributed by atoms with Crippen molar-refractivity contribution in [3.05, 3.63) is 10.6 Å². The molecule has 0 fully saturated rings. The van der Waals surface area contributed by atoms with E-state index in [1.54, 1.807) is 18.4 Å². The average Bonchev–Trinajstić information content (AvgIpc) is 2.47. The molecule has 0 bridgehead atoms. The summed E-state index contributed by atoms with van der Waals surface area (Å²) in [5.41, 5.74) is 6.63. The van der Waals surface area contributed by atoms with E-state index in [2.05, 4.69) is 17.2 Å². The molecule has 4 nitrogen and oxygen atoms in total. The Morgan fingerprint density at radius 3 is 2.73 bits per heavy atom. The molecule has 0 aromatic carbocycles. The highest BCUT2D eigenvalue weighted by Crippen LogP contribution is 2.22. The van der Waals surface area contributed by atoms with E-state index < -0.39 is 0 Å². The maximum atomic E-state index is 5.54. The summed E-state index contributed by atoms with van der Waals surface area (Å²) in [6, 6.07) is 0.255. The van der Waals surface area contributed by atoms with Gasteiger partial charge in [-0.05, 0) is 26.8 Å². The molecule has 86 valence electrons. The second-order valence-electron chi connectivity index (χ2n) is 3.53. The van der Waals surface area contributed by atoms with Crippen molar-refractivity contribution in [3.8, 4) is 0 Å². The molecule has 1 atom stereocenters. The Hall–Kier alpha value is -0.650. The minimum atomic E-state index is 0.255. The van der Waals surface area contributed by atoms with Gasteiger partial charge in [0.15, 0.2) is 5.13 Å². The van der Waals surface area contributed by atoms with E-state index in [1.165, 1.54) is 4.88 Å². The van der Waals surface area contributed by atoms with Gasteiger partial charge in [0, 0.05) is 12.0 Å². The Morgan fingerprint density at radius 1 is 1.53 bits per heavy atom. The van der Waals surface area contributed by atoms with E-state index in [4.69, 9.17) is 10.5 Å². The van der Waals surface area contributed by atoms with Crippen molar-refractivity contribution in [1.82, 2.24) is 4.98 Å². The first-order chi connectivity index (χ1) is 7.17. The molecule has 1 unspecified atom stereocenters. The lowest BCUT2D eigenvalue weighted by molar-refractivity contribution is 0.183. The molecule has 0 aliphatic rings. The van der Waals surface area contributed by atoms with Gasteiger partial charge in [0.25, 0.3) is 0 Å². The molecule has 1 heterocycles. The van der Waals surface area contributed by atoms with E-state index >= 15 is 0 Å². The number of hydrogen-bond donors (Lipinski definition) is 2. The zero-order chi connectivity index (χ0) is 11.3. The first-order valence-electron chi connectivity index (χ1n) is 5.07. The molecule has 1 aromatic rings. The van der Waals surface area contributed by atoms with Crippen LogP contribution in [-0.2, 0) is 4.74 Å². The first-order valence-corrected chi connectivity index (χ1v) is 5.88. The maximum Gasteiger partial charge on any atom is 0.183 e. The number of hydrogen-bond acceptors (Lipinski definition) is 5. The van der Waals surface area contributed by atoms with Crippen molar-refractivity contribution in [3.63, 3.8) is 0 Å². The summed E-state index contributed by atoms with van der Waals surface area (Å²) in [4.78, 5) is 5.68. The molecule has 0 radical (unpaired) electrons. The van der Waals surface area contributed by atoms with Gasteiger partial charge in [-0.2, -0.15) is 0 Å². The minimum Gasteiger partial charge on any atom is -0.383 e. The largest absolute Gasteiger partial charge is 0.383 e. The van der Waals surface area contributed by atoms with Crippen LogP contribution in [0.2, 0.25) is 0 Å². The van der Waals surface area contributed by atoms with Crippen molar-refractivity contribution in [2.45, 2.75) is 26.3 Å². The van der Waals surface area contributed by atoms with Gasteiger partial charge in [-0.1, -0.05) is 0 Å². The summed E-state index contributed by atoms with van der Waals surface area (Å²) < 4.78 is 5.12. The summed E-state index contributed by atoms with van der Waals surface area (Å²) >= 11 is 1.68. The molecule has 1 rings (SSSR count). The van der Waals surface area contributed by atoms with Crippen LogP contribution in [0.15, 0.2) is 0 Å². The summed E-state index contributed by atoms with van der Waals surface area (Å²) in [5.74, 6) is 0. The fraction of sp³-hybridized carbons (Fsp3) is 0.700. The molecule has 0 amide bonds. The van der Waals surface area contributed by atoms with Crippen LogP contribution in [0, 0.1) is 13.8 Å². The standard InChI is InChI=1S/C10H19N3OS/c1-7-8(2)15-10(12-7)13-9(4-5-11)6-14-3/h9H,4-6,11H2,1-3H3,(H,12,13). The van der Waals surface area contributed by atoms with Gasteiger partial charge in [-0.15, -0.1) is 11.3 Å². The lowest BCUT2D eigenvalue weighted by atomic mass is 10.2. The number of aryl methyl sites for hydroxylation is 2. The minimum absolute atomic E-state index is 0.255. The van der Waals surface area contributed by atoms with Gasteiger partial charge in [-0.25, -0.2) is 4.98 Å². The summed E-state index contributed by atoms with van der Waals surface area (Å²) in [6.07, 6.45) is 0.894. The second-order valence-corrected chi connectivity index (χ2v) is 4.74. The Labute approximate surface area is 94.8 Å². The number of nitrogens with one attached hydrogen (secondary N) is 1. The predicted octanol–water partition coefficient (Wildman–Crippen LogP) is 1.54. The summed E-state index contributed by atoms with van der Waals surface area (Å²) in [5, 5.41) is 4.30. The van der Waals surface area contributed by atoms with Gasteiger partial charge < -0.3 is 15.8 Å². The van der Waals surface area contributed by atoms with Crippen LogP contribution >= 0.6 is 11.3 Å². The van der Waals surface area contributed by atoms with E-state index in [-0.39, 0.29) is 6.04 Å². The maximum absolute atomic E-state index is 5.54. The molecule has 15 heavy (non-hydrogen) atoms. The number of anilines is 1. The van der Waals surface area contributed by atoms with Gasteiger partial charge >= 0.3 is 0 Å². The Kier molecular flexibility index (Phi) is 5.01. The Bertz CT molecular complexity index is 275. The number of thiazole rings is 1. The molecular formula is C10H19N3OS. The second kappa shape index (κ2) is 6.05. The Morgan fingerprint density at radius 2 is 2.27 bits per heavy atom. The lowest BCUT2D eigenvalue weighted by Gasteiger charge is -2.15. The van der Waals surface area contributed by atoms with Crippen molar-refractivity contribution in [2.75, 3.05) is 25.6 Å². The van der Waals surface area contributed by atoms with Crippen LogP contribution in [0.3, 0.4) is 0 Å². The van der Waals surface area contributed by atoms with Crippen LogP contribution in [0.25, 0.3) is 0 Å².